The van der Waals surface area contributed by atoms with Gasteiger partial charge in [-0.05, 0) is 30.1 Å². The second kappa shape index (κ2) is 4.07. The van der Waals surface area contributed by atoms with Gasteiger partial charge in [0.25, 0.3) is 10.0 Å². The molecule has 2 aliphatic carbocycles. The molecule has 1 N–H and O–H groups in total. The van der Waals surface area contributed by atoms with Crippen LogP contribution in [0.3, 0.4) is 0 Å². The van der Waals surface area contributed by atoms with Crippen molar-refractivity contribution in [2.45, 2.75) is 31.7 Å². The van der Waals surface area contributed by atoms with Gasteiger partial charge in [-0.2, -0.15) is 8.42 Å². The Morgan fingerprint density at radius 2 is 2.00 bits per heavy atom. The number of imidazole rings is 1. The molecule has 2 saturated carbocycles. The number of aromatic nitrogens is 2. The van der Waals surface area contributed by atoms with Crippen molar-refractivity contribution in [1.82, 2.24) is 14.3 Å². The first-order chi connectivity index (χ1) is 9.22. The molecule has 3 atom stereocenters. The summed E-state index contributed by atoms with van der Waals surface area (Å²) in [7, 11) is -2.16. The summed E-state index contributed by atoms with van der Waals surface area (Å²) in [5.74, 6) is 0.557. The van der Waals surface area contributed by atoms with Gasteiger partial charge in [0.15, 0.2) is 5.03 Å². The number of carbonyl (C=O) groups is 1. The molecular formula is C13H19N3O3S. The van der Waals surface area contributed by atoms with Crippen LogP contribution in [0.2, 0.25) is 0 Å². The number of fused-ring (bicyclic) bond motifs is 1. The van der Waals surface area contributed by atoms with Gasteiger partial charge in [-0.15, -0.1) is 0 Å². The van der Waals surface area contributed by atoms with E-state index in [9.17, 15) is 13.2 Å². The minimum absolute atomic E-state index is 0.114. The normalized spacial score (nSPS) is 30.9. The van der Waals surface area contributed by atoms with E-state index in [1.165, 1.54) is 17.1 Å². The molecule has 0 saturated heterocycles. The van der Waals surface area contributed by atoms with Crippen LogP contribution < -0.4 is 4.72 Å². The highest BCUT2D eigenvalue weighted by molar-refractivity contribution is 7.90. The maximum atomic E-state index is 12.1. The SMILES string of the molecule is Cn1cnc(S(=O)(=O)NC(=O)C2C[C@@H]3[C@H](C2)C3(C)C)c1. The molecule has 0 bridgehead atoms. The van der Waals surface area contributed by atoms with E-state index in [1.807, 2.05) is 0 Å². The van der Waals surface area contributed by atoms with Crippen LogP contribution >= 0.6 is 0 Å². The van der Waals surface area contributed by atoms with E-state index in [1.54, 1.807) is 7.05 Å². The molecule has 3 rings (SSSR count). The summed E-state index contributed by atoms with van der Waals surface area (Å²) in [6.07, 6.45) is 4.36. The van der Waals surface area contributed by atoms with Crippen LogP contribution in [0.15, 0.2) is 17.6 Å². The fraction of sp³-hybridized carbons (Fsp3) is 0.692. The molecule has 1 aromatic heterocycles. The molecule has 6 nitrogen and oxygen atoms in total. The van der Waals surface area contributed by atoms with Gasteiger partial charge >= 0.3 is 0 Å². The average Bonchev–Trinajstić information content (AvgIpc) is 2.82. The molecule has 2 fully saturated rings. The highest BCUT2D eigenvalue weighted by Crippen LogP contribution is 2.68. The lowest BCUT2D eigenvalue weighted by Gasteiger charge is -2.16. The second-order valence-corrected chi connectivity index (χ2v) is 8.18. The Hall–Kier alpha value is -1.37. The first-order valence-electron chi connectivity index (χ1n) is 6.76. The Bertz CT molecular complexity index is 648. The van der Waals surface area contributed by atoms with Crippen molar-refractivity contribution in [3.63, 3.8) is 0 Å². The van der Waals surface area contributed by atoms with Gasteiger partial charge < -0.3 is 4.57 Å². The summed E-state index contributed by atoms with van der Waals surface area (Å²) < 4.78 is 27.7. The fourth-order valence-corrected chi connectivity index (χ4v) is 4.54. The number of amides is 1. The maximum Gasteiger partial charge on any atom is 0.283 e. The third kappa shape index (κ3) is 2.04. The average molecular weight is 297 g/mol. The van der Waals surface area contributed by atoms with E-state index in [0.29, 0.717) is 17.3 Å². The van der Waals surface area contributed by atoms with Crippen LogP contribution in [0.1, 0.15) is 26.7 Å². The lowest BCUT2D eigenvalue weighted by atomic mass is 9.93. The van der Waals surface area contributed by atoms with E-state index < -0.39 is 15.9 Å². The van der Waals surface area contributed by atoms with Gasteiger partial charge in [-0.3, -0.25) is 4.79 Å². The van der Waals surface area contributed by atoms with Crippen molar-refractivity contribution < 1.29 is 13.2 Å². The van der Waals surface area contributed by atoms with Crippen LogP contribution in [-0.4, -0.2) is 23.9 Å². The molecule has 0 radical (unpaired) electrons. The molecule has 1 amide bonds. The van der Waals surface area contributed by atoms with Crippen molar-refractivity contribution in [1.29, 1.82) is 0 Å². The zero-order chi connectivity index (χ0) is 14.7. The van der Waals surface area contributed by atoms with Gasteiger partial charge in [-0.25, -0.2) is 9.71 Å². The number of carbonyl (C=O) groups excluding carboxylic acids is 1. The van der Waals surface area contributed by atoms with E-state index >= 15 is 0 Å². The lowest BCUT2D eigenvalue weighted by Crippen LogP contribution is -2.36. The minimum atomic E-state index is -3.84. The fourth-order valence-electron chi connectivity index (χ4n) is 3.51. The van der Waals surface area contributed by atoms with Crippen LogP contribution in [0.25, 0.3) is 0 Å². The van der Waals surface area contributed by atoms with E-state index in [-0.39, 0.29) is 10.9 Å². The van der Waals surface area contributed by atoms with Gasteiger partial charge in [0.2, 0.25) is 5.91 Å². The number of rotatable bonds is 3. The molecule has 2 aliphatic rings. The number of nitrogens with zero attached hydrogens (tertiary/aromatic N) is 2. The predicted octanol–water partition coefficient (Wildman–Crippen LogP) is 0.907. The highest BCUT2D eigenvalue weighted by Gasteiger charge is 2.63. The molecule has 1 aromatic rings. The maximum absolute atomic E-state index is 12.1. The zero-order valence-corrected chi connectivity index (χ0v) is 12.6. The van der Waals surface area contributed by atoms with Gasteiger partial charge in [0.05, 0.1) is 6.33 Å². The number of hydrogen-bond donors (Lipinski definition) is 1. The lowest BCUT2D eigenvalue weighted by molar-refractivity contribution is -0.123. The predicted molar refractivity (Wildman–Crippen MR) is 72.0 cm³/mol. The monoisotopic (exact) mass is 297 g/mol. The first-order valence-corrected chi connectivity index (χ1v) is 8.25. The minimum Gasteiger partial charge on any atom is -0.339 e. The summed E-state index contributed by atoms with van der Waals surface area (Å²) in [4.78, 5) is 15.9. The Kier molecular flexibility index (Phi) is 2.77. The van der Waals surface area contributed by atoms with E-state index in [2.05, 4.69) is 23.6 Å². The van der Waals surface area contributed by atoms with Gasteiger partial charge in [0.1, 0.15) is 0 Å². The highest BCUT2D eigenvalue weighted by atomic mass is 32.2. The van der Waals surface area contributed by atoms with Gasteiger partial charge in [0, 0.05) is 19.2 Å². The Balaban J connectivity index is 1.66. The number of nitrogens with one attached hydrogen (secondary N) is 1. The molecular weight excluding hydrogens is 278 g/mol. The topological polar surface area (TPSA) is 81.1 Å². The summed E-state index contributed by atoms with van der Waals surface area (Å²) >= 11 is 0. The summed E-state index contributed by atoms with van der Waals surface area (Å²) in [6, 6.07) is 0. The van der Waals surface area contributed by atoms with Crippen LogP contribution in [0.5, 0.6) is 0 Å². The zero-order valence-electron chi connectivity index (χ0n) is 11.8. The number of sulfonamides is 1. The standard InChI is InChI=1S/C13H19N3O3S/c1-13(2)9-4-8(5-10(9)13)12(17)15-20(18,19)11-6-16(3)7-14-11/h6-10H,4-5H2,1-3H3,(H,15,17)/t8?,9-,10+. The molecule has 1 unspecified atom stereocenters. The Labute approximate surface area is 118 Å². The van der Waals surface area contributed by atoms with Crippen LogP contribution in [-0.2, 0) is 21.9 Å². The summed E-state index contributed by atoms with van der Waals surface area (Å²) in [6.45, 7) is 4.42. The summed E-state index contributed by atoms with van der Waals surface area (Å²) in [5, 5.41) is -0.114. The third-order valence-electron chi connectivity index (χ3n) is 4.93. The molecule has 20 heavy (non-hydrogen) atoms. The van der Waals surface area contributed by atoms with Crippen molar-refractivity contribution in [3.05, 3.63) is 12.5 Å². The smallest absolute Gasteiger partial charge is 0.283 e. The van der Waals surface area contributed by atoms with Gasteiger partial charge in [-0.1, -0.05) is 13.8 Å². The molecule has 1 heterocycles. The largest absolute Gasteiger partial charge is 0.339 e. The molecule has 0 aromatic carbocycles. The first kappa shape index (κ1) is 13.6. The number of hydrogen-bond acceptors (Lipinski definition) is 4. The van der Waals surface area contributed by atoms with Crippen molar-refractivity contribution in [3.8, 4) is 0 Å². The second-order valence-electron chi connectivity index (χ2n) is 6.55. The van der Waals surface area contributed by atoms with Crippen LogP contribution in [0.4, 0.5) is 0 Å². The quantitative estimate of drug-likeness (QED) is 0.899. The molecule has 7 heteroatoms. The van der Waals surface area contributed by atoms with Crippen molar-refractivity contribution in [2.75, 3.05) is 0 Å². The van der Waals surface area contributed by atoms with Crippen LogP contribution in [0, 0.1) is 23.2 Å². The Morgan fingerprint density at radius 1 is 1.40 bits per heavy atom. The summed E-state index contributed by atoms with van der Waals surface area (Å²) in [5.41, 5.74) is 0.330. The molecule has 0 aliphatic heterocycles. The number of aryl methyl sites for hydroxylation is 1. The molecule has 110 valence electrons. The third-order valence-corrected chi connectivity index (χ3v) is 6.16. The molecule has 0 spiro atoms. The van der Waals surface area contributed by atoms with E-state index in [0.717, 1.165) is 12.8 Å². The van der Waals surface area contributed by atoms with Crippen molar-refractivity contribution in [2.24, 2.45) is 30.2 Å². The van der Waals surface area contributed by atoms with Crippen molar-refractivity contribution >= 4 is 15.9 Å². The van der Waals surface area contributed by atoms with E-state index in [4.69, 9.17) is 0 Å². The Morgan fingerprint density at radius 3 is 2.50 bits per heavy atom.